The number of hydrogen-bond donors (Lipinski definition) is 0. The number of methoxy groups -OCH3 is 1. The smallest absolute Gasteiger partial charge is 0.140 e. The van der Waals surface area contributed by atoms with Gasteiger partial charge in [0.1, 0.15) is 42.7 Å². The Labute approximate surface area is 118 Å². The lowest BCUT2D eigenvalue weighted by Gasteiger charge is -2.15. The third-order valence-electron chi connectivity index (χ3n) is 3.09. The van der Waals surface area contributed by atoms with E-state index in [-0.39, 0.29) is 0 Å². The van der Waals surface area contributed by atoms with Crippen LogP contribution in [0.15, 0.2) is 12.1 Å². The Morgan fingerprint density at radius 2 is 1.48 bits per heavy atom. The van der Waals surface area contributed by atoms with Gasteiger partial charge >= 0.3 is 0 Å². The molecular weight excluding hydrogens is 290 g/mol. The molecule has 7 heteroatoms. The molecule has 21 heavy (non-hydrogen) atoms. The summed E-state index contributed by atoms with van der Waals surface area (Å²) in [5.41, 5.74) is -2.98. The van der Waals surface area contributed by atoms with Crippen molar-refractivity contribution in [3.63, 3.8) is 0 Å². The van der Waals surface area contributed by atoms with Crippen LogP contribution in [-0.4, -0.2) is 15.0 Å². The van der Waals surface area contributed by atoms with Gasteiger partial charge in [-0.15, -0.1) is 0 Å². The van der Waals surface area contributed by atoms with Crippen LogP contribution in [0.5, 0.6) is 5.75 Å². The van der Waals surface area contributed by atoms with Crippen molar-refractivity contribution in [3.8, 4) is 16.9 Å². The molecule has 0 unspecified atom stereocenters. The summed E-state index contributed by atoms with van der Waals surface area (Å²) in [5.74, 6) is -6.75. The predicted molar refractivity (Wildman–Crippen MR) is 68.3 cm³/mol. The molecule has 0 heterocycles. The van der Waals surface area contributed by atoms with Gasteiger partial charge in [0.15, 0.2) is 0 Å². The number of rotatable bonds is 2. The lowest BCUT2D eigenvalue weighted by molar-refractivity contribution is 0.408. The minimum absolute atomic E-state index is 0.409. The van der Waals surface area contributed by atoms with Gasteiger partial charge in [0.05, 0.1) is 18.2 Å². The van der Waals surface area contributed by atoms with Crippen LogP contribution in [0.4, 0.5) is 22.0 Å². The standard InChI is InChI=1S/C14H8BF5O/c1-5-6(16)3-7(17)10(13(5)19)11-9(21-2)4-8(18)12(15)14(11)20/h3-4H,1-2H3. The van der Waals surface area contributed by atoms with Gasteiger partial charge in [0, 0.05) is 17.7 Å². The lowest BCUT2D eigenvalue weighted by Crippen LogP contribution is -2.17. The summed E-state index contributed by atoms with van der Waals surface area (Å²) in [6.45, 7) is 1.06. The maximum Gasteiger partial charge on any atom is 0.140 e. The van der Waals surface area contributed by atoms with E-state index in [2.05, 4.69) is 0 Å². The van der Waals surface area contributed by atoms with Crippen molar-refractivity contribution in [2.24, 2.45) is 0 Å². The van der Waals surface area contributed by atoms with Gasteiger partial charge in [-0.25, -0.2) is 22.0 Å². The SMILES string of the molecule is [B]c1c(F)cc(OC)c(-c2c(F)cc(F)c(C)c2F)c1F. The largest absolute Gasteiger partial charge is 0.496 e. The molecule has 108 valence electrons. The van der Waals surface area contributed by atoms with Crippen LogP contribution in [0, 0.1) is 36.0 Å². The fourth-order valence-corrected chi connectivity index (χ4v) is 1.92. The average molecular weight is 298 g/mol. The molecular formula is C14H8BF5O. The van der Waals surface area contributed by atoms with Crippen molar-refractivity contribution < 1.29 is 26.7 Å². The molecule has 2 radical (unpaired) electrons. The molecule has 2 aromatic carbocycles. The van der Waals surface area contributed by atoms with Gasteiger partial charge in [-0.2, -0.15) is 0 Å². The molecule has 1 nitrogen and oxygen atoms in total. The zero-order chi connectivity index (χ0) is 15.9. The zero-order valence-electron chi connectivity index (χ0n) is 11.0. The van der Waals surface area contributed by atoms with E-state index in [0.717, 1.165) is 14.0 Å². The summed E-state index contributed by atoms with van der Waals surface area (Å²) in [6, 6.07) is 1.11. The van der Waals surface area contributed by atoms with Gasteiger partial charge in [-0.3, -0.25) is 0 Å². The van der Waals surface area contributed by atoms with Crippen LogP contribution < -0.4 is 10.2 Å². The quantitative estimate of drug-likeness (QED) is 0.611. The Morgan fingerprint density at radius 3 is 2.05 bits per heavy atom. The molecule has 0 aliphatic carbocycles. The van der Waals surface area contributed by atoms with E-state index >= 15 is 0 Å². The van der Waals surface area contributed by atoms with Crippen molar-refractivity contribution in [2.45, 2.75) is 6.92 Å². The first kappa shape index (κ1) is 15.3. The van der Waals surface area contributed by atoms with Crippen molar-refractivity contribution in [2.75, 3.05) is 7.11 Å². The highest BCUT2D eigenvalue weighted by molar-refractivity contribution is 6.33. The average Bonchev–Trinajstić information content (AvgIpc) is 2.44. The molecule has 0 spiro atoms. The van der Waals surface area contributed by atoms with Crippen molar-refractivity contribution >= 4 is 13.3 Å². The van der Waals surface area contributed by atoms with Crippen LogP contribution >= 0.6 is 0 Å². The number of ether oxygens (including phenoxy) is 1. The van der Waals surface area contributed by atoms with E-state index in [9.17, 15) is 22.0 Å². The van der Waals surface area contributed by atoms with Crippen LogP contribution in [0.3, 0.4) is 0 Å². The second-order valence-electron chi connectivity index (χ2n) is 4.32. The Hall–Kier alpha value is -2.05. The van der Waals surface area contributed by atoms with Crippen molar-refractivity contribution in [1.82, 2.24) is 0 Å². The molecule has 0 saturated carbocycles. The van der Waals surface area contributed by atoms with Crippen LogP contribution in [0.1, 0.15) is 5.56 Å². The minimum Gasteiger partial charge on any atom is -0.496 e. The third-order valence-corrected chi connectivity index (χ3v) is 3.09. The van der Waals surface area contributed by atoms with E-state index in [1.165, 1.54) is 0 Å². The molecule has 0 amide bonds. The summed E-state index contributed by atoms with van der Waals surface area (Å²) in [4.78, 5) is 0. The molecule has 0 bridgehead atoms. The second-order valence-corrected chi connectivity index (χ2v) is 4.32. The fourth-order valence-electron chi connectivity index (χ4n) is 1.92. The van der Waals surface area contributed by atoms with Crippen molar-refractivity contribution in [3.05, 3.63) is 46.8 Å². The van der Waals surface area contributed by atoms with E-state index in [1.54, 1.807) is 0 Å². The van der Waals surface area contributed by atoms with E-state index < -0.39 is 57.0 Å². The predicted octanol–water partition coefficient (Wildman–Crippen LogP) is 3.16. The number of halogens is 5. The molecule has 0 fully saturated rings. The monoisotopic (exact) mass is 298 g/mol. The van der Waals surface area contributed by atoms with Gasteiger partial charge in [-0.1, -0.05) is 0 Å². The van der Waals surface area contributed by atoms with E-state index in [4.69, 9.17) is 12.6 Å². The number of benzene rings is 2. The Balaban J connectivity index is 2.92. The molecule has 2 rings (SSSR count). The first-order chi connectivity index (χ1) is 9.79. The van der Waals surface area contributed by atoms with Crippen LogP contribution in [-0.2, 0) is 0 Å². The highest BCUT2D eigenvalue weighted by atomic mass is 19.2. The normalized spacial score (nSPS) is 10.8. The molecule has 0 atom stereocenters. The summed E-state index contributed by atoms with van der Waals surface area (Å²) in [7, 11) is 6.26. The molecule has 0 aliphatic rings. The summed E-state index contributed by atoms with van der Waals surface area (Å²) in [6.07, 6.45) is 0. The van der Waals surface area contributed by atoms with Crippen LogP contribution in [0.25, 0.3) is 11.1 Å². The maximum atomic E-state index is 14.1. The van der Waals surface area contributed by atoms with E-state index in [0.29, 0.717) is 12.1 Å². The Kier molecular flexibility index (Phi) is 3.94. The van der Waals surface area contributed by atoms with Crippen molar-refractivity contribution in [1.29, 1.82) is 0 Å². The van der Waals surface area contributed by atoms with Gasteiger partial charge in [0.25, 0.3) is 0 Å². The Morgan fingerprint density at radius 1 is 0.857 bits per heavy atom. The maximum absolute atomic E-state index is 14.1. The molecule has 0 aromatic heterocycles. The number of hydrogen-bond acceptors (Lipinski definition) is 1. The van der Waals surface area contributed by atoms with Gasteiger partial charge in [0.2, 0.25) is 0 Å². The summed E-state index contributed by atoms with van der Waals surface area (Å²) in [5, 5.41) is 0. The Bertz CT molecular complexity index is 730. The molecule has 0 saturated heterocycles. The van der Waals surface area contributed by atoms with Gasteiger partial charge in [-0.05, 0) is 12.4 Å². The summed E-state index contributed by atoms with van der Waals surface area (Å²) >= 11 is 0. The van der Waals surface area contributed by atoms with Gasteiger partial charge < -0.3 is 4.74 Å². The topological polar surface area (TPSA) is 9.23 Å². The van der Waals surface area contributed by atoms with E-state index in [1.807, 2.05) is 0 Å². The summed E-state index contributed by atoms with van der Waals surface area (Å²) < 4.78 is 73.5. The molecule has 2 aromatic rings. The van der Waals surface area contributed by atoms with Crippen LogP contribution in [0.2, 0.25) is 0 Å². The molecule has 0 aliphatic heterocycles. The zero-order valence-corrected chi connectivity index (χ0v) is 11.0. The lowest BCUT2D eigenvalue weighted by atomic mass is 9.89. The second kappa shape index (κ2) is 5.39. The highest BCUT2D eigenvalue weighted by Gasteiger charge is 2.25. The molecule has 0 N–H and O–H groups in total. The fraction of sp³-hybridized carbons (Fsp3) is 0.143. The highest BCUT2D eigenvalue weighted by Crippen LogP contribution is 2.37. The minimum atomic E-state index is -1.38. The third kappa shape index (κ3) is 2.37. The first-order valence-electron chi connectivity index (χ1n) is 5.75. The first-order valence-corrected chi connectivity index (χ1v) is 5.75.